The van der Waals surface area contributed by atoms with Gasteiger partial charge in [0.1, 0.15) is 23.8 Å². The smallest absolute Gasteiger partial charge is 0.138 e. The third kappa shape index (κ3) is 3.85. The van der Waals surface area contributed by atoms with Crippen LogP contribution in [0.15, 0.2) is 24.5 Å². The first kappa shape index (κ1) is 15.6. The molecule has 114 valence electrons. The van der Waals surface area contributed by atoms with Gasteiger partial charge in [-0.2, -0.15) is 5.10 Å². The number of aryl methyl sites for hydroxylation is 1. The number of likely N-dealkylation sites (N-methyl/N-ethyl adjacent to an activating group) is 1. The van der Waals surface area contributed by atoms with Crippen molar-refractivity contribution in [2.75, 3.05) is 6.54 Å². The number of hydrogen-bond acceptors (Lipinski definition) is 3. The maximum absolute atomic E-state index is 13.8. The van der Waals surface area contributed by atoms with E-state index < -0.39 is 11.6 Å². The third-order valence-electron chi connectivity index (χ3n) is 3.43. The molecule has 0 bridgehead atoms. The molecule has 1 N–H and O–H groups in total. The Hall–Kier alpha value is -1.82. The van der Waals surface area contributed by atoms with Crippen molar-refractivity contribution in [2.45, 2.75) is 39.3 Å². The number of nitrogens with one attached hydrogen (secondary N) is 1. The average Bonchev–Trinajstić information content (AvgIpc) is 2.90. The van der Waals surface area contributed by atoms with Gasteiger partial charge in [0.05, 0.1) is 0 Å². The number of hydrogen-bond donors (Lipinski definition) is 1. The molecule has 1 atom stereocenters. The van der Waals surface area contributed by atoms with E-state index in [1.54, 1.807) is 4.68 Å². The minimum Gasteiger partial charge on any atom is -0.313 e. The summed E-state index contributed by atoms with van der Waals surface area (Å²) in [6.07, 6.45) is 2.36. The van der Waals surface area contributed by atoms with Gasteiger partial charge in [-0.05, 0) is 32.0 Å². The molecule has 0 saturated carbocycles. The zero-order chi connectivity index (χ0) is 15.2. The molecule has 1 unspecified atom stereocenters. The normalized spacial score (nSPS) is 12.6. The Kier molecular flexibility index (Phi) is 5.38. The van der Waals surface area contributed by atoms with Crippen LogP contribution in [0.4, 0.5) is 8.78 Å². The first-order valence-electron chi connectivity index (χ1n) is 7.18. The van der Waals surface area contributed by atoms with Crippen LogP contribution in [-0.4, -0.2) is 27.4 Å². The van der Waals surface area contributed by atoms with Crippen LogP contribution in [0.5, 0.6) is 0 Å². The van der Waals surface area contributed by atoms with E-state index in [9.17, 15) is 8.78 Å². The van der Waals surface area contributed by atoms with Gasteiger partial charge in [-0.1, -0.05) is 13.0 Å². The highest BCUT2D eigenvalue weighted by Gasteiger charge is 2.17. The van der Waals surface area contributed by atoms with Crippen molar-refractivity contribution >= 4 is 0 Å². The Morgan fingerprint density at radius 3 is 2.52 bits per heavy atom. The Morgan fingerprint density at radius 1 is 1.19 bits per heavy atom. The summed E-state index contributed by atoms with van der Waals surface area (Å²) in [5, 5.41) is 7.38. The van der Waals surface area contributed by atoms with E-state index in [-0.39, 0.29) is 18.0 Å². The van der Waals surface area contributed by atoms with Crippen LogP contribution < -0.4 is 5.32 Å². The second kappa shape index (κ2) is 7.26. The van der Waals surface area contributed by atoms with Crippen molar-refractivity contribution in [3.05, 3.63) is 47.5 Å². The standard InChI is InChI=1S/C15H20F2N4/c1-3-18-11(9-15-19-10-20-21(15)4-2)8-12-13(16)6-5-7-14(12)17/h5-7,10-11,18H,3-4,8-9H2,1-2H3. The largest absolute Gasteiger partial charge is 0.313 e. The van der Waals surface area contributed by atoms with Crippen LogP contribution in [0.1, 0.15) is 25.2 Å². The Balaban J connectivity index is 2.16. The fraction of sp³-hybridized carbons (Fsp3) is 0.467. The van der Waals surface area contributed by atoms with E-state index in [0.717, 1.165) is 18.9 Å². The van der Waals surface area contributed by atoms with Gasteiger partial charge in [0.15, 0.2) is 0 Å². The van der Waals surface area contributed by atoms with E-state index in [1.165, 1.54) is 24.5 Å². The summed E-state index contributed by atoms with van der Waals surface area (Å²) in [6.45, 7) is 5.40. The molecular formula is C15H20F2N4. The maximum Gasteiger partial charge on any atom is 0.138 e. The minimum absolute atomic E-state index is 0.0871. The van der Waals surface area contributed by atoms with Crippen LogP contribution >= 0.6 is 0 Å². The molecule has 0 aliphatic heterocycles. The van der Waals surface area contributed by atoms with Crippen LogP contribution in [0, 0.1) is 11.6 Å². The summed E-state index contributed by atoms with van der Waals surface area (Å²) in [4.78, 5) is 4.22. The Morgan fingerprint density at radius 2 is 1.90 bits per heavy atom. The van der Waals surface area contributed by atoms with Gasteiger partial charge >= 0.3 is 0 Å². The highest BCUT2D eigenvalue weighted by atomic mass is 19.1. The average molecular weight is 294 g/mol. The lowest BCUT2D eigenvalue weighted by Crippen LogP contribution is -2.34. The summed E-state index contributed by atoms with van der Waals surface area (Å²) in [7, 11) is 0. The lowest BCUT2D eigenvalue weighted by molar-refractivity contribution is 0.465. The van der Waals surface area contributed by atoms with Gasteiger partial charge in [0, 0.05) is 24.6 Å². The highest BCUT2D eigenvalue weighted by Crippen LogP contribution is 2.15. The van der Waals surface area contributed by atoms with Crippen molar-refractivity contribution in [1.82, 2.24) is 20.1 Å². The van der Waals surface area contributed by atoms with E-state index in [0.29, 0.717) is 6.42 Å². The zero-order valence-electron chi connectivity index (χ0n) is 12.3. The molecule has 1 aromatic heterocycles. The van der Waals surface area contributed by atoms with Gasteiger partial charge in [-0.15, -0.1) is 0 Å². The SMILES string of the molecule is CCNC(Cc1c(F)cccc1F)Cc1ncnn1CC. The molecule has 0 radical (unpaired) electrons. The van der Waals surface area contributed by atoms with Crippen molar-refractivity contribution in [2.24, 2.45) is 0 Å². The van der Waals surface area contributed by atoms with Crippen molar-refractivity contribution in [3.63, 3.8) is 0 Å². The molecule has 0 amide bonds. The van der Waals surface area contributed by atoms with Gasteiger partial charge in [0.25, 0.3) is 0 Å². The molecule has 0 aliphatic rings. The van der Waals surface area contributed by atoms with Gasteiger partial charge in [-0.3, -0.25) is 4.68 Å². The molecule has 0 saturated heterocycles. The molecule has 21 heavy (non-hydrogen) atoms. The second-order valence-electron chi connectivity index (χ2n) is 4.86. The fourth-order valence-electron chi connectivity index (χ4n) is 2.41. The molecule has 0 spiro atoms. The van der Waals surface area contributed by atoms with Crippen molar-refractivity contribution in [3.8, 4) is 0 Å². The molecule has 0 aliphatic carbocycles. The van der Waals surface area contributed by atoms with Crippen molar-refractivity contribution in [1.29, 1.82) is 0 Å². The zero-order valence-corrected chi connectivity index (χ0v) is 12.3. The predicted octanol–water partition coefficient (Wildman–Crippen LogP) is 2.34. The number of nitrogens with zero attached hydrogens (tertiary/aromatic N) is 3. The number of rotatable bonds is 7. The number of benzene rings is 1. The molecular weight excluding hydrogens is 274 g/mol. The first-order chi connectivity index (χ1) is 10.2. The van der Waals surface area contributed by atoms with Gasteiger partial charge in [0.2, 0.25) is 0 Å². The lowest BCUT2D eigenvalue weighted by atomic mass is 10.0. The van der Waals surface area contributed by atoms with E-state index in [1.807, 2.05) is 13.8 Å². The van der Waals surface area contributed by atoms with Gasteiger partial charge in [-0.25, -0.2) is 13.8 Å². The predicted molar refractivity (Wildman–Crippen MR) is 76.9 cm³/mol. The topological polar surface area (TPSA) is 42.7 Å². The monoisotopic (exact) mass is 294 g/mol. The Bertz CT molecular complexity index is 563. The van der Waals surface area contributed by atoms with Crippen LogP contribution in [-0.2, 0) is 19.4 Å². The number of halogens is 2. The Labute approximate surface area is 123 Å². The minimum atomic E-state index is -0.505. The lowest BCUT2D eigenvalue weighted by Gasteiger charge is -2.18. The summed E-state index contributed by atoms with van der Waals surface area (Å²) >= 11 is 0. The van der Waals surface area contributed by atoms with E-state index in [4.69, 9.17) is 0 Å². The van der Waals surface area contributed by atoms with Crippen LogP contribution in [0.2, 0.25) is 0 Å². The molecule has 2 rings (SSSR count). The molecule has 6 heteroatoms. The van der Waals surface area contributed by atoms with Crippen molar-refractivity contribution < 1.29 is 8.78 Å². The summed E-state index contributed by atoms with van der Waals surface area (Å²) in [5.74, 6) is -0.190. The second-order valence-corrected chi connectivity index (χ2v) is 4.86. The quantitative estimate of drug-likeness (QED) is 0.852. The van der Waals surface area contributed by atoms with E-state index in [2.05, 4.69) is 15.4 Å². The molecule has 1 aromatic carbocycles. The maximum atomic E-state index is 13.8. The molecule has 1 heterocycles. The first-order valence-corrected chi connectivity index (χ1v) is 7.18. The van der Waals surface area contributed by atoms with Crippen LogP contribution in [0.3, 0.4) is 0 Å². The molecule has 2 aromatic rings. The third-order valence-corrected chi connectivity index (χ3v) is 3.43. The van der Waals surface area contributed by atoms with Crippen LogP contribution in [0.25, 0.3) is 0 Å². The molecule has 4 nitrogen and oxygen atoms in total. The van der Waals surface area contributed by atoms with E-state index >= 15 is 0 Å². The number of aromatic nitrogens is 3. The molecule has 0 fully saturated rings. The fourth-order valence-corrected chi connectivity index (χ4v) is 2.41. The summed E-state index contributed by atoms with van der Waals surface area (Å²) < 4.78 is 29.3. The summed E-state index contributed by atoms with van der Waals surface area (Å²) in [6, 6.07) is 3.87. The summed E-state index contributed by atoms with van der Waals surface area (Å²) in [5.41, 5.74) is 0.117. The van der Waals surface area contributed by atoms with Gasteiger partial charge < -0.3 is 5.32 Å². The highest BCUT2D eigenvalue weighted by molar-refractivity contribution is 5.21.